The van der Waals surface area contributed by atoms with E-state index in [0.717, 1.165) is 28.5 Å². The van der Waals surface area contributed by atoms with E-state index in [1.807, 2.05) is 18.2 Å². The van der Waals surface area contributed by atoms with E-state index in [4.69, 9.17) is 4.74 Å². The summed E-state index contributed by atoms with van der Waals surface area (Å²) in [6.45, 7) is 4.34. The summed E-state index contributed by atoms with van der Waals surface area (Å²) in [7, 11) is 0. The third kappa shape index (κ3) is 2.59. The monoisotopic (exact) mass is 400 g/mol. The largest absolute Gasteiger partial charge is 0.489 e. The first-order valence-corrected chi connectivity index (χ1v) is 9.30. The van der Waals surface area contributed by atoms with Crippen molar-refractivity contribution in [2.24, 2.45) is 17.3 Å². The molecule has 2 aliphatic carbocycles. The van der Waals surface area contributed by atoms with Crippen LogP contribution in [-0.2, 0) is 0 Å². The molecule has 0 radical (unpaired) electrons. The lowest BCUT2D eigenvalue weighted by atomic mass is 9.68. The van der Waals surface area contributed by atoms with Crippen molar-refractivity contribution in [2.75, 3.05) is 0 Å². The number of halogens is 4. The van der Waals surface area contributed by atoms with Gasteiger partial charge in [-0.15, -0.1) is 0 Å². The molecule has 3 aliphatic rings. The molecule has 0 amide bonds. The molecule has 1 nitrogen and oxygen atoms in total. The third-order valence-electron chi connectivity index (χ3n) is 6.27. The molecule has 2 saturated carbocycles. The molecule has 4 rings (SSSR count). The number of hydrogen-bond acceptors (Lipinski definition) is 1. The molecule has 0 saturated heterocycles. The van der Waals surface area contributed by atoms with Crippen LogP contribution in [0.3, 0.4) is 0 Å². The molecule has 0 aromatic heterocycles. The molecular formula is C19H20BrF3O. The second-order valence-corrected chi connectivity index (χ2v) is 8.46. The maximum atomic E-state index is 12.8. The van der Waals surface area contributed by atoms with Gasteiger partial charge in [0.15, 0.2) is 0 Å². The van der Waals surface area contributed by atoms with E-state index in [9.17, 15) is 13.2 Å². The van der Waals surface area contributed by atoms with Gasteiger partial charge in [-0.05, 0) is 67.7 Å². The number of ether oxygens (including phenoxy) is 1. The first-order chi connectivity index (χ1) is 11.3. The van der Waals surface area contributed by atoms with Gasteiger partial charge in [-0.2, -0.15) is 13.2 Å². The van der Waals surface area contributed by atoms with Crippen molar-refractivity contribution in [1.82, 2.24) is 0 Å². The quantitative estimate of drug-likeness (QED) is 0.559. The van der Waals surface area contributed by atoms with Crippen LogP contribution in [0.2, 0.25) is 0 Å². The van der Waals surface area contributed by atoms with Crippen molar-refractivity contribution in [3.63, 3.8) is 0 Å². The van der Waals surface area contributed by atoms with E-state index >= 15 is 0 Å². The Morgan fingerprint density at radius 1 is 1.21 bits per heavy atom. The van der Waals surface area contributed by atoms with Crippen LogP contribution in [0.25, 0.3) is 5.57 Å². The molecule has 130 valence electrons. The molecule has 1 aromatic rings. The highest BCUT2D eigenvalue weighted by molar-refractivity contribution is 9.10. The molecule has 0 N–H and O–H groups in total. The van der Waals surface area contributed by atoms with Gasteiger partial charge in [-0.25, -0.2) is 0 Å². The number of benzene rings is 1. The highest BCUT2D eigenvalue weighted by Gasteiger charge is 2.57. The normalized spacial score (nSPS) is 34.5. The second kappa shape index (κ2) is 5.52. The molecule has 3 atom stereocenters. The lowest BCUT2D eigenvalue weighted by molar-refractivity contribution is -0.142. The fourth-order valence-electron chi connectivity index (χ4n) is 4.90. The molecule has 1 heterocycles. The van der Waals surface area contributed by atoms with Crippen LogP contribution in [-0.4, -0.2) is 12.3 Å². The molecule has 1 aromatic carbocycles. The Hall–Kier alpha value is -0.970. The fourth-order valence-corrected chi connectivity index (χ4v) is 5.26. The van der Waals surface area contributed by atoms with Crippen LogP contribution in [0.5, 0.6) is 5.75 Å². The third-order valence-corrected chi connectivity index (χ3v) is 6.76. The lowest BCUT2D eigenvalue weighted by Crippen LogP contribution is -2.42. The molecule has 3 unspecified atom stereocenters. The average Bonchev–Trinajstić information content (AvgIpc) is 2.75. The van der Waals surface area contributed by atoms with E-state index in [1.54, 1.807) is 0 Å². The average molecular weight is 401 g/mol. The first kappa shape index (κ1) is 16.5. The molecule has 0 bridgehead atoms. The van der Waals surface area contributed by atoms with E-state index in [0.29, 0.717) is 17.6 Å². The van der Waals surface area contributed by atoms with E-state index in [1.165, 1.54) is 12.8 Å². The summed E-state index contributed by atoms with van der Waals surface area (Å²) in [4.78, 5) is 0. The Morgan fingerprint density at radius 3 is 2.46 bits per heavy atom. The van der Waals surface area contributed by atoms with Gasteiger partial charge in [-0.1, -0.05) is 22.5 Å². The SMILES string of the molecule is C=C1c2cc(Br)ccc2OC(CCC(F)(F)F)C12CC1CCC1C2. The summed E-state index contributed by atoms with van der Waals surface area (Å²) in [6, 6.07) is 5.69. The molecule has 2 fully saturated rings. The minimum atomic E-state index is -4.15. The summed E-state index contributed by atoms with van der Waals surface area (Å²) < 4.78 is 45.5. The van der Waals surface area contributed by atoms with Crippen molar-refractivity contribution in [2.45, 2.75) is 50.8 Å². The van der Waals surface area contributed by atoms with Gasteiger partial charge in [0.05, 0.1) is 0 Å². The Labute approximate surface area is 148 Å². The Bertz CT molecular complexity index is 670. The zero-order chi connectivity index (χ0) is 17.1. The van der Waals surface area contributed by atoms with Crippen LogP contribution in [0.1, 0.15) is 44.1 Å². The van der Waals surface area contributed by atoms with Crippen molar-refractivity contribution in [1.29, 1.82) is 0 Å². The highest BCUT2D eigenvalue weighted by atomic mass is 79.9. The smallest absolute Gasteiger partial charge is 0.389 e. The second-order valence-electron chi connectivity index (χ2n) is 7.54. The van der Waals surface area contributed by atoms with Gasteiger partial charge in [-0.3, -0.25) is 0 Å². The van der Waals surface area contributed by atoms with Gasteiger partial charge in [0, 0.05) is 21.9 Å². The summed E-state index contributed by atoms with van der Waals surface area (Å²) in [6.07, 6.45) is -1.13. The molecule has 5 heteroatoms. The maximum Gasteiger partial charge on any atom is 0.389 e. The molecule has 1 spiro atoms. The van der Waals surface area contributed by atoms with Gasteiger partial charge in [0.1, 0.15) is 11.9 Å². The van der Waals surface area contributed by atoms with Crippen molar-refractivity contribution >= 4 is 21.5 Å². The van der Waals surface area contributed by atoms with Crippen molar-refractivity contribution in [3.05, 3.63) is 34.8 Å². The minimum Gasteiger partial charge on any atom is -0.489 e. The first-order valence-electron chi connectivity index (χ1n) is 8.51. The van der Waals surface area contributed by atoms with Gasteiger partial charge >= 0.3 is 6.18 Å². The molecule has 1 aliphatic heterocycles. The van der Waals surface area contributed by atoms with Crippen LogP contribution < -0.4 is 4.74 Å². The summed E-state index contributed by atoms with van der Waals surface area (Å²) in [5.41, 5.74) is 1.60. The van der Waals surface area contributed by atoms with Gasteiger partial charge in [0.25, 0.3) is 0 Å². The van der Waals surface area contributed by atoms with Crippen LogP contribution >= 0.6 is 15.9 Å². The molecule has 24 heavy (non-hydrogen) atoms. The summed E-state index contributed by atoms with van der Waals surface area (Å²) >= 11 is 3.48. The van der Waals surface area contributed by atoms with E-state index < -0.39 is 18.7 Å². The van der Waals surface area contributed by atoms with Crippen molar-refractivity contribution < 1.29 is 17.9 Å². The standard InChI is InChI=1S/C19H20BrF3O/c1-11-15-8-14(20)4-5-16(15)24-17(6-7-19(21,22)23)18(11)9-12-2-3-13(12)10-18/h4-5,8,12-13,17H,1-3,6-7,9-10H2. The van der Waals surface area contributed by atoms with Gasteiger partial charge < -0.3 is 4.74 Å². The highest BCUT2D eigenvalue weighted by Crippen LogP contribution is 2.64. The maximum absolute atomic E-state index is 12.8. The number of fused-ring (bicyclic) bond motifs is 2. The summed E-state index contributed by atoms with van der Waals surface area (Å²) in [5.74, 6) is 1.93. The van der Waals surface area contributed by atoms with Crippen LogP contribution in [0.15, 0.2) is 29.3 Å². The zero-order valence-corrected chi connectivity index (χ0v) is 14.9. The number of hydrogen-bond donors (Lipinski definition) is 0. The van der Waals surface area contributed by atoms with E-state index in [2.05, 4.69) is 22.5 Å². The van der Waals surface area contributed by atoms with Crippen LogP contribution in [0, 0.1) is 17.3 Å². The number of alkyl halides is 3. The molecular weight excluding hydrogens is 381 g/mol. The lowest BCUT2D eigenvalue weighted by Gasteiger charge is -2.44. The zero-order valence-electron chi connectivity index (χ0n) is 13.3. The Kier molecular flexibility index (Phi) is 3.79. The topological polar surface area (TPSA) is 9.23 Å². The Morgan fingerprint density at radius 2 is 1.88 bits per heavy atom. The van der Waals surface area contributed by atoms with E-state index in [-0.39, 0.29) is 11.8 Å². The predicted octanol–water partition coefficient (Wildman–Crippen LogP) is 6.37. The summed E-state index contributed by atoms with van der Waals surface area (Å²) in [5, 5.41) is 0. The Balaban J connectivity index is 1.71. The minimum absolute atomic E-state index is 0.0114. The van der Waals surface area contributed by atoms with Crippen molar-refractivity contribution in [3.8, 4) is 5.75 Å². The van der Waals surface area contributed by atoms with Gasteiger partial charge in [0.2, 0.25) is 0 Å². The number of rotatable bonds is 2. The van der Waals surface area contributed by atoms with Crippen LogP contribution in [0.4, 0.5) is 13.2 Å². The predicted molar refractivity (Wildman–Crippen MR) is 90.8 cm³/mol. The fraction of sp³-hybridized carbons (Fsp3) is 0.579.